The van der Waals surface area contributed by atoms with E-state index >= 15 is 0 Å². The smallest absolute Gasteiger partial charge is 0.214 e. The van der Waals surface area contributed by atoms with Gasteiger partial charge < -0.3 is 15.0 Å². The van der Waals surface area contributed by atoms with E-state index in [4.69, 9.17) is 4.74 Å². The van der Waals surface area contributed by atoms with Crippen molar-refractivity contribution < 1.29 is 13.2 Å². The fourth-order valence-electron chi connectivity index (χ4n) is 3.80. The third kappa shape index (κ3) is 5.06. The lowest BCUT2D eigenvalue weighted by molar-refractivity contribution is 0.139. The summed E-state index contributed by atoms with van der Waals surface area (Å²) < 4.78 is 30.7. The van der Waals surface area contributed by atoms with Crippen molar-refractivity contribution in [3.63, 3.8) is 0 Å². The van der Waals surface area contributed by atoms with Crippen LogP contribution < -0.4 is 5.32 Å². The lowest BCUT2D eigenvalue weighted by atomic mass is 10.1. The van der Waals surface area contributed by atoms with Crippen LogP contribution in [0.1, 0.15) is 12.8 Å². The van der Waals surface area contributed by atoms with Gasteiger partial charge in [0.25, 0.3) is 0 Å². The molecule has 1 N–H and O–H groups in total. The number of ether oxygens (including phenoxy) is 1. The molecule has 9 heteroatoms. The first-order valence-electron chi connectivity index (χ1n) is 9.32. The molecule has 0 aromatic carbocycles. The minimum absolute atomic E-state index is 0.287. The van der Waals surface area contributed by atoms with Gasteiger partial charge >= 0.3 is 0 Å². The van der Waals surface area contributed by atoms with Crippen LogP contribution >= 0.6 is 0 Å². The Morgan fingerprint density at radius 1 is 1.24 bits per heavy atom. The van der Waals surface area contributed by atoms with Crippen molar-refractivity contribution in [3.8, 4) is 0 Å². The first-order valence-corrected chi connectivity index (χ1v) is 10.9. The van der Waals surface area contributed by atoms with Gasteiger partial charge in [0.05, 0.1) is 12.4 Å². The topological polar surface area (TPSA) is 77.5 Å². The largest absolute Gasteiger partial charge is 0.381 e. The number of sulfonamides is 1. The Kier molecular flexibility index (Phi) is 6.54. The van der Waals surface area contributed by atoms with E-state index in [1.54, 1.807) is 11.4 Å². The molecule has 3 saturated heterocycles. The van der Waals surface area contributed by atoms with E-state index in [0.717, 1.165) is 58.3 Å². The molecule has 0 aromatic heterocycles. The van der Waals surface area contributed by atoms with E-state index in [1.165, 1.54) is 6.42 Å². The highest BCUT2D eigenvalue weighted by molar-refractivity contribution is 7.89. The standard InChI is InChI=1S/C16H31N5O3S/c1-17-16(18-4-6-21-5-2-12-25(21,22)23)20-9-7-19(8-10-20)13-15-3-11-24-14-15/h15H,2-14H2,1H3,(H,17,18). The van der Waals surface area contributed by atoms with E-state index < -0.39 is 10.0 Å². The molecule has 0 aliphatic carbocycles. The molecule has 3 fully saturated rings. The quantitative estimate of drug-likeness (QED) is 0.505. The summed E-state index contributed by atoms with van der Waals surface area (Å²) in [7, 11) is -1.22. The molecule has 3 aliphatic heterocycles. The second-order valence-corrected chi connectivity index (χ2v) is 9.15. The Bertz CT molecular complexity index is 554. The normalized spacial score (nSPS) is 28.6. The molecular weight excluding hydrogens is 342 g/mol. The summed E-state index contributed by atoms with van der Waals surface area (Å²) in [6.07, 6.45) is 1.92. The molecule has 8 nitrogen and oxygen atoms in total. The van der Waals surface area contributed by atoms with Gasteiger partial charge in [-0.1, -0.05) is 0 Å². The molecule has 25 heavy (non-hydrogen) atoms. The van der Waals surface area contributed by atoms with Crippen LogP contribution in [0.5, 0.6) is 0 Å². The SMILES string of the molecule is CN=C(NCCN1CCCS1(=O)=O)N1CCN(CC2CCOC2)CC1. The number of nitrogens with zero attached hydrogens (tertiary/aromatic N) is 4. The van der Waals surface area contributed by atoms with Crippen molar-refractivity contribution >= 4 is 16.0 Å². The molecule has 3 aliphatic rings. The Hall–Kier alpha value is -0.900. The van der Waals surface area contributed by atoms with Gasteiger partial charge in [-0.2, -0.15) is 0 Å². The zero-order valence-electron chi connectivity index (χ0n) is 15.2. The zero-order chi connectivity index (χ0) is 17.7. The minimum atomic E-state index is -3.01. The van der Waals surface area contributed by atoms with Crippen molar-refractivity contribution in [1.82, 2.24) is 19.4 Å². The van der Waals surface area contributed by atoms with Gasteiger partial charge in [-0.15, -0.1) is 0 Å². The number of rotatable bonds is 5. The lowest BCUT2D eigenvalue weighted by Gasteiger charge is -2.37. The summed E-state index contributed by atoms with van der Waals surface area (Å²) in [5.74, 6) is 1.85. The second-order valence-electron chi connectivity index (χ2n) is 7.06. The molecule has 1 atom stereocenters. The maximum Gasteiger partial charge on any atom is 0.214 e. The number of hydrogen-bond acceptors (Lipinski definition) is 5. The van der Waals surface area contributed by atoms with Gasteiger partial charge in [-0.3, -0.25) is 9.89 Å². The Morgan fingerprint density at radius 3 is 2.64 bits per heavy atom. The first-order chi connectivity index (χ1) is 12.1. The summed E-state index contributed by atoms with van der Waals surface area (Å²) >= 11 is 0. The van der Waals surface area contributed by atoms with Crippen LogP contribution in [-0.2, 0) is 14.8 Å². The van der Waals surface area contributed by atoms with Crippen LogP contribution in [0.2, 0.25) is 0 Å². The van der Waals surface area contributed by atoms with E-state index in [1.807, 2.05) is 0 Å². The highest BCUT2D eigenvalue weighted by Gasteiger charge is 2.28. The lowest BCUT2D eigenvalue weighted by Crippen LogP contribution is -2.53. The van der Waals surface area contributed by atoms with Gasteiger partial charge in [-0.25, -0.2) is 12.7 Å². The summed E-state index contributed by atoms with van der Waals surface area (Å²) in [5.41, 5.74) is 0. The summed E-state index contributed by atoms with van der Waals surface area (Å²) in [6, 6.07) is 0. The van der Waals surface area contributed by atoms with Crippen LogP contribution in [0.3, 0.4) is 0 Å². The van der Waals surface area contributed by atoms with Crippen LogP contribution in [0.4, 0.5) is 0 Å². The monoisotopic (exact) mass is 373 g/mol. The third-order valence-electron chi connectivity index (χ3n) is 5.27. The van der Waals surface area contributed by atoms with Crippen molar-refractivity contribution in [3.05, 3.63) is 0 Å². The van der Waals surface area contributed by atoms with Crippen LogP contribution in [0.25, 0.3) is 0 Å². The molecule has 0 amide bonds. The molecule has 1 unspecified atom stereocenters. The van der Waals surface area contributed by atoms with E-state index in [2.05, 4.69) is 20.1 Å². The molecule has 0 aromatic rings. The highest BCUT2D eigenvalue weighted by Crippen LogP contribution is 2.15. The van der Waals surface area contributed by atoms with Gasteiger partial charge in [0.1, 0.15) is 0 Å². The molecule has 3 rings (SSSR count). The number of piperazine rings is 1. The van der Waals surface area contributed by atoms with Crippen molar-refractivity contribution in [2.24, 2.45) is 10.9 Å². The van der Waals surface area contributed by atoms with Gasteiger partial charge in [0.2, 0.25) is 10.0 Å². The molecule has 0 bridgehead atoms. The van der Waals surface area contributed by atoms with Crippen LogP contribution in [-0.4, -0.2) is 107 Å². The first kappa shape index (κ1) is 18.9. The molecule has 144 valence electrons. The number of nitrogens with one attached hydrogen (secondary N) is 1. The van der Waals surface area contributed by atoms with Crippen molar-refractivity contribution in [1.29, 1.82) is 0 Å². The fraction of sp³-hybridized carbons (Fsp3) is 0.938. The van der Waals surface area contributed by atoms with E-state index in [-0.39, 0.29) is 5.75 Å². The van der Waals surface area contributed by atoms with Crippen molar-refractivity contribution in [2.45, 2.75) is 12.8 Å². The van der Waals surface area contributed by atoms with Gasteiger partial charge in [-0.05, 0) is 18.8 Å². The number of guanidine groups is 1. The predicted molar refractivity (Wildman–Crippen MR) is 98.3 cm³/mol. The molecule has 0 saturated carbocycles. The third-order valence-corrected chi connectivity index (χ3v) is 7.23. The molecule has 0 radical (unpaired) electrons. The Morgan fingerprint density at radius 2 is 2.04 bits per heavy atom. The van der Waals surface area contributed by atoms with Crippen LogP contribution in [0.15, 0.2) is 4.99 Å². The summed E-state index contributed by atoms with van der Waals surface area (Å²) in [6.45, 7) is 8.70. The Balaban J connectivity index is 1.38. The summed E-state index contributed by atoms with van der Waals surface area (Å²) in [5, 5.41) is 3.32. The van der Waals surface area contributed by atoms with Gasteiger partial charge in [0, 0.05) is 66.0 Å². The fourth-order valence-corrected chi connectivity index (χ4v) is 5.33. The maximum absolute atomic E-state index is 11.8. The van der Waals surface area contributed by atoms with E-state index in [0.29, 0.717) is 25.6 Å². The predicted octanol–water partition coefficient (Wildman–Crippen LogP) is -0.749. The average molecular weight is 374 g/mol. The van der Waals surface area contributed by atoms with E-state index in [9.17, 15) is 8.42 Å². The second kappa shape index (κ2) is 8.66. The van der Waals surface area contributed by atoms with Gasteiger partial charge in [0.15, 0.2) is 5.96 Å². The highest BCUT2D eigenvalue weighted by atomic mass is 32.2. The molecule has 0 spiro atoms. The average Bonchev–Trinajstić information content (AvgIpc) is 3.22. The Labute approximate surface area is 151 Å². The summed E-state index contributed by atoms with van der Waals surface area (Å²) in [4.78, 5) is 9.14. The zero-order valence-corrected chi connectivity index (χ0v) is 16.0. The number of hydrogen-bond donors (Lipinski definition) is 1. The van der Waals surface area contributed by atoms with Crippen LogP contribution in [0, 0.1) is 5.92 Å². The minimum Gasteiger partial charge on any atom is -0.381 e. The number of aliphatic imine (C=N–C) groups is 1. The molecular formula is C16H31N5O3S. The molecule has 3 heterocycles. The van der Waals surface area contributed by atoms with Crippen molar-refractivity contribution in [2.75, 3.05) is 78.4 Å². The maximum atomic E-state index is 11.8.